The second-order valence-corrected chi connectivity index (χ2v) is 5.23. The van der Waals surface area contributed by atoms with Crippen molar-refractivity contribution in [3.8, 4) is 0 Å². The zero-order chi connectivity index (χ0) is 13.1. The molecule has 94 valence electrons. The molecular formula is C14H21NO2. The molecule has 1 N–H and O–H groups in total. The van der Waals surface area contributed by atoms with E-state index >= 15 is 0 Å². The highest BCUT2D eigenvalue weighted by molar-refractivity contribution is 5.78. The number of hydrogen-bond acceptors (Lipinski definition) is 2. The minimum absolute atomic E-state index is 0.0257. The molecule has 0 spiro atoms. The van der Waals surface area contributed by atoms with Crippen LogP contribution in [0.3, 0.4) is 0 Å². The van der Waals surface area contributed by atoms with Crippen LogP contribution in [0.15, 0.2) is 24.3 Å². The van der Waals surface area contributed by atoms with E-state index in [0.717, 1.165) is 11.1 Å². The molecule has 0 bridgehead atoms. The number of aryl methyl sites for hydroxylation is 1. The van der Waals surface area contributed by atoms with Gasteiger partial charge in [0.25, 0.3) is 0 Å². The summed E-state index contributed by atoms with van der Waals surface area (Å²) >= 11 is 0. The minimum Gasteiger partial charge on any atom is -0.389 e. The fraction of sp³-hybridized carbons (Fsp3) is 0.500. The number of rotatable bonds is 4. The van der Waals surface area contributed by atoms with Gasteiger partial charge in [0.05, 0.1) is 12.0 Å². The summed E-state index contributed by atoms with van der Waals surface area (Å²) in [4.78, 5) is 13.5. The molecule has 1 aromatic rings. The van der Waals surface area contributed by atoms with Gasteiger partial charge in [-0.15, -0.1) is 0 Å². The normalized spacial score (nSPS) is 11.4. The van der Waals surface area contributed by atoms with E-state index in [0.29, 0.717) is 13.0 Å². The number of aliphatic hydroxyl groups is 1. The van der Waals surface area contributed by atoms with Crippen LogP contribution in [0.5, 0.6) is 0 Å². The van der Waals surface area contributed by atoms with Crippen molar-refractivity contribution in [2.45, 2.75) is 32.8 Å². The second kappa shape index (κ2) is 5.32. The summed E-state index contributed by atoms with van der Waals surface area (Å²) in [5.41, 5.74) is 1.31. The third kappa shape index (κ3) is 5.00. The zero-order valence-corrected chi connectivity index (χ0v) is 11.0. The Hall–Kier alpha value is -1.35. The molecule has 0 aromatic heterocycles. The molecule has 1 aromatic carbocycles. The third-order valence-electron chi connectivity index (χ3n) is 2.49. The van der Waals surface area contributed by atoms with E-state index in [2.05, 4.69) is 0 Å². The summed E-state index contributed by atoms with van der Waals surface area (Å²) in [6.07, 6.45) is 0.383. The van der Waals surface area contributed by atoms with Crippen LogP contribution in [0, 0.1) is 6.92 Å². The highest BCUT2D eigenvalue weighted by atomic mass is 16.3. The van der Waals surface area contributed by atoms with Gasteiger partial charge in [-0.2, -0.15) is 0 Å². The lowest BCUT2D eigenvalue weighted by atomic mass is 10.1. The van der Waals surface area contributed by atoms with Gasteiger partial charge < -0.3 is 10.0 Å². The lowest BCUT2D eigenvalue weighted by molar-refractivity contribution is -0.131. The van der Waals surface area contributed by atoms with E-state index in [-0.39, 0.29) is 5.91 Å². The molecule has 3 heteroatoms. The van der Waals surface area contributed by atoms with Gasteiger partial charge in [0.15, 0.2) is 0 Å². The van der Waals surface area contributed by atoms with Crippen molar-refractivity contribution in [3.05, 3.63) is 35.4 Å². The Kier molecular flexibility index (Phi) is 4.29. The molecule has 0 atom stereocenters. The molecule has 0 saturated heterocycles. The summed E-state index contributed by atoms with van der Waals surface area (Å²) in [5, 5.41) is 9.65. The smallest absolute Gasteiger partial charge is 0.226 e. The molecule has 0 aliphatic rings. The Bertz CT molecular complexity index is 393. The SMILES string of the molecule is Cc1cccc(CC(=O)N(C)CC(C)(C)O)c1. The van der Waals surface area contributed by atoms with E-state index in [4.69, 9.17) is 0 Å². The van der Waals surface area contributed by atoms with Crippen molar-refractivity contribution >= 4 is 5.91 Å². The molecule has 0 saturated carbocycles. The average Bonchev–Trinajstić information content (AvgIpc) is 2.14. The zero-order valence-electron chi connectivity index (χ0n) is 11.0. The average molecular weight is 235 g/mol. The quantitative estimate of drug-likeness (QED) is 0.864. The third-order valence-corrected chi connectivity index (χ3v) is 2.49. The number of hydrogen-bond donors (Lipinski definition) is 1. The van der Waals surface area contributed by atoms with Crippen molar-refractivity contribution in [2.24, 2.45) is 0 Å². The molecular weight excluding hydrogens is 214 g/mol. The summed E-state index contributed by atoms with van der Waals surface area (Å²) in [5.74, 6) is 0.0257. The molecule has 1 rings (SSSR count). The molecule has 0 aliphatic carbocycles. The number of benzene rings is 1. The van der Waals surface area contributed by atoms with Crippen LogP contribution in [0.4, 0.5) is 0 Å². The Balaban J connectivity index is 2.60. The number of carbonyl (C=O) groups is 1. The molecule has 1 amide bonds. The maximum Gasteiger partial charge on any atom is 0.226 e. The van der Waals surface area contributed by atoms with Crippen LogP contribution in [0.1, 0.15) is 25.0 Å². The lowest BCUT2D eigenvalue weighted by Gasteiger charge is -2.25. The summed E-state index contributed by atoms with van der Waals surface area (Å²) in [6.45, 7) is 5.75. The predicted molar refractivity (Wildman–Crippen MR) is 68.8 cm³/mol. The van der Waals surface area contributed by atoms with E-state index in [1.807, 2.05) is 31.2 Å². The molecule has 0 unspecified atom stereocenters. The lowest BCUT2D eigenvalue weighted by Crippen LogP contribution is -2.40. The van der Waals surface area contributed by atoms with Crippen molar-refractivity contribution in [1.29, 1.82) is 0 Å². The molecule has 0 aliphatic heterocycles. The van der Waals surface area contributed by atoms with Crippen molar-refractivity contribution < 1.29 is 9.90 Å². The summed E-state index contributed by atoms with van der Waals surface area (Å²) in [6, 6.07) is 7.92. The maximum atomic E-state index is 11.9. The first kappa shape index (κ1) is 13.7. The first-order chi connectivity index (χ1) is 7.78. The van der Waals surface area contributed by atoms with Gasteiger partial charge in [-0.3, -0.25) is 4.79 Å². The summed E-state index contributed by atoms with van der Waals surface area (Å²) in [7, 11) is 1.72. The van der Waals surface area contributed by atoms with Gasteiger partial charge in [0.2, 0.25) is 5.91 Å². The van der Waals surface area contributed by atoms with Gasteiger partial charge in [0.1, 0.15) is 0 Å². The van der Waals surface area contributed by atoms with Crippen LogP contribution < -0.4 is 0 Å². The largest absolute Gasteiger partial charge is 0.389 e. The van der Waals surface area contributed by atoms with Gasteiger partial charge in [-0.1, -0.05) is 29.8 Å². The fourth-order valence-electron chi connectivity index (χ4n) is 1.80. The fourth-order valence-corrected chi connectivity index (χ4v) is 1.80. The second-order valence-electron chi connectivity index (χ2n) is 5.23. The van der Waals surface area contributed by atoms with E-state index < -0.39 is 5.60 Å². The van der Waals surface area contributed by atoms with Crippen LogP contribution in [0.2, 0.25) is 0 Å². The summed E-state index contributed by atoms with van der Waals surface area (Å²) < 4.78 is 0. The van der Waals surface area contributed by atoms with Crippen molar-refractivity contribution in [3.63, 3.8) is 0 Å². The standard InChI is InChI=1S/C14H21NO2/c1-11-6-5-7-12(8-11)9-13(16)15(4)10-14(2,3)17/h5-8,17H,9-10H2,1-4H3. The minimum atomic E-state index is -0.850. The number of amides is 1. The number of likely N-dealkylation sites (N-methyl/N-ethyl adjacent to an activating group) is 1. The Morgan fingerprint density at radius 1 is 1.41 bits per heavy atom. The monoisotopic (exact) mass is 235 g/mol. The van der Waals surface area contributed by atoms with Gasteiger partial charge in [0, 0.05) is 13.6 Å². The van der Waals surface area contributed by atoms with E-state index in [9.17, 15) is 9.90 Å². The number of carbonyl (C=O) groups excluding carboxylic acids is 1. The van der Waals surface area contributed by atoms with Crippen LogP contribution in [-0.4, -0.2) is 35.1 Å². The van der Waals surface area contributed by atoms with Crippen LogP contribution in [-0.2, 0) is 11.2 Å². The van der Waals surface area contributed by atoms with Gasteiger partial charge in [-0.25, -0.2) is 0 Å². The molecule has 3 nitrogen and oxygen atoms in total. The van der Waals surface area contributed by atoms with Crippen LogP contribution in [0.25, 0.3) is 0 Å². The number of nitrogens with zero attached hydrogens (tertiary/aromatic N) is 1. The van der Waals surface area contributed by atoms with Crippen molar-refractivity contribution in [2.75, 3.05) is 13.6 Å². The van der Waals surface area contributed by atoms with Gasteiger partial charge >= 0.3 is 0 Å². The predicted octanol–water partition coefficient (Wildman–Crippen LogP) is 1.77. The van der Waals surface area contributed by atoms with Crippen molar-refractivity contribution in [1.82, 2.24) is 4.90 Å². The topological polar surface area (TPSA) is 40.5 Å². The molecule has 17 heavy (non-hydrogen) atoms. The first-order valence-electron chi connectivity index (χ1n) is 5.80. The highest BCUT2D eigenvalue weighted by Gasteiger charge is 2.19. The first-order valence-corrected chi connectivity index (χ1v) is 5.80. The maximum absolute atomic E-state index is 11.9. The highest BCUT2D eigenvalue weighted by Crippen LogP contribution is 2.08. The van der Waals surface area contributed by atoms with Gasteiger partial charge in [-0.05, 0) is 26.3 Å². The van der Waals surface area contributed by atoms with Crippen LogP contribution >= 0.6 is 0 Å². The molecule has 0 fully saturated rings. The Morgan fingerprint density at radius 3 is 2.59 bits per heavy atom. The Morgan fingerprint density at radius 2 is 2.06 bits per heavy atom. The molecule has 0 heterocycles. The van der Waals surface area contributed by atoms with E-state index in [1.54, 1.807) is 25.8 Å². The Labute approximate surface area is 103 Å². The van der Waals surface area contributed by atoms with E-state index in [1.165, 1.54) is 0 Å². The molecule has 0 radical (unpaired) electrons.